The molecule has 2 aromatic rings. The van der Waals surface area contributed by atoms with E-state index in [4.69, 9.17) is 21.1 Å². The van der Waals surface area contributed by atoms with Gasteiger partial charge in [-0.2, -0.15) is 0 Å². The molecule has 0 aliphatic rings. The number of halogens is 1. The molecule has 2 aromatic carbocycles. The molecule has 2 rings (SSSR count). The van der Waals surface area contributed by atoms with Crippen LogP contribution in [0.2, 0.25) is 5.02 Å². The van der Waals surface area contributed by atoms with Crippen molar-refractivity contribution in [2.45, 2.75) is 33.2 Å². The van der Waals surface area contributed by atoms with E-state index in [0.29, 0.717) is 10.0 Å². The van der Waals surface area contributed by atoms with Crippen LogP contribution in [0.15, 0.2) is 54.6 Å². The van der Waals surface area contributed by atoms with Crippen molar-refractivity contribution in [3.05, 3.63) is 70.7 Å². The number of nitrogens with zero attached hydrogens (tertiary/aromatic N) is 2. The molecule has 0 aromatic heterocycles. The lowest BCUT2D eigenvalue weighted by molar-refractivity contribution is -0.164. The number of amides is 3. The molecule has 0 atom stereocenters. The van der Waals surface area contributed by atoms with Gasteiger partial charge >= 0.3 is 18.0 Å². The van der Waals surface area contributed by atoms with Crippen molar-refractivity contribution in [2.24, 2.45) is 0 Å². The van der Waals surface area contributed by atoms with Crippen LogP contribution in [0.3, 0.4) is 0 Å². The summed E-state index contributed by atoms with van der Waals surface area (Å²) in [7, 11) is 0. The SMILES string of the molecule is CC(=O)OCC(=O)OCOC(=O)N(C(=O)c1ccc(Cl)cc1)N(C(=O)c1ccccc1)C(C)(C)C. The number of rotatable bonds is 6. The molecule has 35 heavy (non-hydrogen) atoms. The predicted octanol–water partition coefficient (Wildman–Crippen LogP) is 3.84. The van der Waals surface area contributed by atoms with Gasteiger partial charge < -0.3 is 14.2 Å². The third-order valence-corrected chi connectivity index (χ3v) is 4.55. The van der Waals surface area contributed by atoms with Gasteiger partial charge in [-0.3, -0.25) is 14.4 Å². The van der Waals surface area contributed by atoms with Gasteiger partial charge in [-0.15, -0.1) is 5.01 Å². The predicted molar refractivity (Wildman–Crippen MR) is 124 cm³/mol. The van der Waals surface area contributed by atoms with Crippen LogP contribution in [-0.4, -0.2) is 58.8 Å². The van der Waals surface area contributed by atoms with Crippen molar-refractivity contribution < 1.29 is 38.2 Å². The largest absolute Gasteiger partial charge is 0.454 e. The van der Waals surface area contributed by atoms with E-state index < -0.39 is 48.8 Å². The summed E-state index contributed by atoms with van der Waals surface area (Å²) >= 11 is 5.91. The molecule has 11 heteroatoms. The molecule has 0 bridgehead atoms. The number of hydrogen-bond donors (Lipinski definition) is 0. The van der Waals surface area contributed by atoms with Gasteiger partial charge in [0, 0.05) is 23.1 Å². The van der Waals surface area contributed by atoms with E-state index in [0.717, 1.165) is 11.9 Å². The maximum absolute atomic E-state index is 13.4. The number of benzene rings is 2. The Balaban J connectivity index is 2.37. The smallest absolute Gasteiger partial charge is 0.439 e. The molecule has 0 unspecified atom stereocenters. The van der Waals surface area contributed by atoms with Gasteiger partial charge in [0.1, 0.15) is 0 Å². The molecule has 10 nitrogen and oxygen atoms in total. The molecule has 0 fully saturated rings. The molecule has 0 radical (unpaired) electrons. The highest BCUT2D eigenvalue weighted by atomic mass is 35.5. The lowest BCUT2D eigenvalue weighted by Gasteiger charge is -2.41. The first kappa shape index (κ1) is 27.3. The van der Waals surface area contributed by atoms with Crippen molar-refractivity contribution in [1.29, 1.82) is 0 Å². The second kappa shape index (κ2) is 12.0. The average Bonchev–Trinajstić information content (AvgIpc) is 2.80. The van der Waals surface area contributed by atoms with Crippen LogP contribution in [0.5, 0.6) is 0 Å². The zero-order valence-electron chi connectivity index (χ0n) is 19.6. The maximum Gasteiger partial charge on any atom is 0.439 e. The van der Waals surface area contributed by atoms with Crippen molar-refractivity contribution in [1.82, 2.24) is 10.0 Å². The minimum Gasteiger partial charge on any atom is -0.454 e. The van der Waals surface area contributed by atoms with Crippen molar-refractivity contribution in [2.75, 3.05) is 13.4 Å². The molecule has 0 saturated heterocycles. The Bertz CT molecular complexity index is 1080. The number of esters is 2. The molecule has 0 heterocycles. The highest BCUT2D eigenvalue weighted by molar-refractivity contribution is 6.30. The molecule has 0 N–H and O–H groups in total. The fourth-order valence-corrected chi connectivity index (χ4v) is 2.90. The Hall–Kier alpha value is -3.92. The number of carbonyl (C=O) groups excluding carboxylic acids is 5. The highest BCUT2D eigenvalue weighted by Gasteiger charge is 2.41. The van der Waals surface area contributed by atoms with E-state index in [1.807, 2.05) is 0 Å². The van der Waals surface area contributed by atoms with Gasteiger partial charge in [-0.25, -0.2) is 14.6 Å². The van der Waals surface area contributed by atoms with Crippen LogP contribution in [0, 0.1) is 0 Å². The third-order valence-electron chi connectivity index (χ3n) is 4.30. The maximum atomic E-state index is 13.4. The fraction of sp³-hybridized carbons (Fsp3) is 0.292. The van der Waals surface area contributed by atoms with Crippen molar-refractivity contribution in [3.63, 3.8) is 0 Å². The molecular weight excluding hydrogens is 480 g/mol. The first-order valence-corrected chi connectivity index (χ1v) is 10.7. The molecule has 3 amide bonds. The average molecular weight is 505 g/mol. The third kappa shape index (κ3) is 7.82. The van der Waals surface area contributed by atoms with Crippen LogP contribution >= 0.6 is 11.6 Å². The number of hydrogen-bond acceptors (Lipinski definition) is 8. The van der Waals surface area contributed by atoms with E-state index in [9.17, 15) is 24.0 Å². The van der Waals surface area contributed by atoms with Gasteiger partial charge in [0.25, 0.3) is 11.8 Å². The van der Waals surface area contributed by atoms with E-state index >= 15 is 0 Å². The van der Waals surface area contributed by atoms with E-state index in [-0.39, 0.29) is 11.1 Å². The summed E-state index contributed by atoms with van der Waals surface area (Å²) in [6, 6.07) is 13.7. The fourth-order valence-electron chi connectivity index (χ4n) is 2.78. The zero-order chi connectivity index (χ0) is 26.2. The Kier molecular flexibility index (Phi) is 9.35. The lowest BCUT2D eigenvalue weighted by Crippen LogP contribution is -2.60. The van der Waals surface area contributed by atoms with Crippen LogP contribution in [0.25, 0.3) is 0 Å². The molecule has 0 aliphatic carbocycles. The Morgan fingerprint density at radius 3 is 1.91 bits per heavy atom. The summed E-state index contributed by atoms with van der Waals surface area (Å²) in [5.41, 5.74) is -0.801. The number of hydrazine groups is 1. The van der Waals surface area contributed by atoms with Crippen LogP contribution in [0.1, 0.15) is 48.4 Å². The van der Waals surface area contributed by atoms with Crippen molar-refractivity contribution >= 4 is 41.4 Å². The van der Waals surface area contributed by atoms with Gasteiger partial charge in [0.05, 0.1) is 5.54 Å². The Morgan fingerprint density at radius 2 is 1.37 bits per heavy atom. The Morgan fingerprint density at radius 1 is 0.800 bits per heavy atom. The molecule has 0 aliphatic heterocycles. The minimum atomic E-state index is -1.27. The van der Waals surface area contributed by atoms with Crippen LogP contribution in [0.4, 0.5) is 4.79 Å². The van der Waals surface area contributed by atoms with Crippen LogP contribution in [-0.2, 0) is 23.8 Å². The first-order valence-electron chi connectivity index (χ1n) is 10.4. The van der Waals surface area contributed by atoms with E-state index in [1.165, 1.54) is 36.4 Å². The standard InChI is InChI=1S/C24H25ClN2O8/c1-16(28)33-14-20(29)34-15-35-23(32)26(21(30)18-10-12-19(25)13-11-18)27(24(2,3)4)22(31)17-8-6-5-7-9-17/h5-13H,14-15H2,1-4H3. The summed E-state index contributed by atoms with van der Waals surface area (Å²) in [5, 5.41) is 1.87. The molecule has 0 saturated carbocycles. The molecular formula is C24H25ClN2O8. The summed E-state index contributed by atoms with van der Waals surface area (Å²) in [4.78, 5) is 62.3. The zero-order valence-corrected chi connectivity index (χ0v) is 20.4. The van der Waals surface area contributed by atoms with Gasteiger partial charge in [0.2, 0.25) is 6.79 Å². The lowest BCUT2D eigenvalue weighted by atomic mass is 10.1. The summed E-state index contributed by atoms with van der Waals surface area (Å²) in [5.74, 6) is -3.20. The Labute approximate surface area is 207 Å². The van der Waals surface area contributed by atoms with E-state index in [1.54, 1.807) is 39.0 Å². The van der Waals surface area contributed by atoms with Gasteiger partial charge in [-0.05, 0) is 57.2 Å². The topological polar surface area (TPSA) is 120 Å². The summed E-state index contributed by atoms with van der Waals surface area (Å²) < 4.78 is 14.2. The monoisotopic (exact) mass is 504 g/mol. The molecule has 0 spiro atoms. The molecule has 186 valence electrons. The van der Waals surface area contributed by atoms with Crippen molar-refractivity contribution in [3.8, 4) is 0 Å². The number of imide groups is 1. The normalized spacial score (nSPS) is 10.7. The minimum absolute atomic E-state index is 0.0494. The van der Waals surface area contributed by atoms with Gasteiger partial charge in [0.15, 0.2) is 6.61 Å². The summed E-state index contributed by atoms with van der Waals surface area (Å²) in [6.07, 6.45) is -1.27. The quantitative estimate of drug-likeness (QED) is 0.330. The highest BCUT2D eigenvalue weighted by Crippen LogP contribution is 2.24. The first-order chi connectivity index (χ1) is 16.4. The van der Waals surface area contributed by atoms with E-state index in [2.05, 4.69) is 4.74 Å². The van der Waals surface area contributed by atoms with Crippen LogP contribution < -0.4 is 0 Å². The second-order valence-corrected chi connectivity index (χ2v) is 8.54. The van der Waals surface area contributed by atoms with Gasteiger partial charge in [-0.1, -0.05) is 29.8 Å². The second-order valence-electron chi connectivity index (χ2n) is 8.10. The number of carbonyl (C=O) groups is 5. The summed E-state index contributed by atoms with van der Waals surface area (Å²) in [6.45, 7) is 4.42. The number of ether oxygens (including phenoxy) is 3.